The average molecular weight is 403 g/mol. The van der Waals surface area contributed by atoms with Crippen molar-refractivity contribution in [3.8, 4) is 5.75 Å². The van der Waals surface area contributed by atoms with Crippen molar-refractivity contribution in [2.75, 3.05) is 31.6 Å². The Labute approximate surface area is 176 Å². The van der Waals surface area contributed by atoms with Crippen LogP contribution in [0.2, 0.25) is 0 Å². The number of nitrogens with zero attached hydrogens (tertiary/aromatic N) is 1. The van der Waals surface area contributed by atoms with Crippen LogP contribution in [0.3, 0.4) is 0 Å². The van der Waals surface area contributed by atoms with Crippen LogP contribution in [0.1, 0.15) is 65.7 Å². The van der Waals surface area contributed by atoms with Crippen LogP contribution < -0.4 is 10.1 Å². The molecule has 0 spiro atoms. The number of benzene rings is 1. The summed E-state index contributed by atoms with van der Waals surface area (Å²) in [5.41, 5.74) is 0.108. The summed E-state index contributed by atoms with van der Waals surface area (Å²) in [6.45, 7) is 9.87. The van der Waals surface area contributed by atoms with Gasteiger partial charge >= 0.3 is 0 Å². The molecule has 1 saturated carbocycles. The Morgan fingerprint density at radius 3 is 2.66 bits per heavy atom. The fourth-order valence-corrected chi connectivity index (χ4v) is 4.83. The van der Waals surface area contributed by atoms with E-state index >= 15 is 0 Å². The molecule has 1 N–H and O–H groups in total. The van der Waals surface area contributed by atoms with Crippen molar-refractivity contribution in [2.24, 2.45) is 5.92 Å². The lowest BCUT2D eigenvalue weighted by molar-refractivity contribution is -0.147. The Bertz CT molecular complexity index is 644. The summed E-state index contributed by atoms with van der Waals surface area (Å²) in [6.07, 6.45) is 7.73. The second kappa shape index (κ2) is 10.4. The highest BCUT2D eigenvalue weighted by Gasteiger charge is 2.42. The predicted molar refractivity (Wildman–Crippen MR) is 117 cm³/mol. The molecule has 2 fully saturated rings. The van der Waals surface area contributed by atoms with E-state index in [0.717, 1.165) is 37.2 Å². The number of amides is 1. The normalized spacial score (nSPS) is 28.1. The second-order valence-corrected chi connectivity index (χ2v) is 8.84. The first-order valence-corrected chi connectivity index (χ1v) is 11.4. The van der Waals surface area contributed by atoms with Gasteiger partial charge in [-0.1, -0.05) is 19.8 Å². The van der Waals surface area contributed by atoms with Crippen LogP contribution in [-0.2, 0) is 9.53 Å². The van der Waals surface area contributed by atoms with E-state index in [1.807, 2.05) is 31.2 Å². The number of hydrogen-bond acceptors (Lipinski definition) is 4. The van der Waals surface area contributed by atoms with Gasteiger partial charge in [-0.15, -0.1) is 0 Å². The average Bonchev–Trinajstić information content (AvgIpc) is 2.71. The lowest BCUT2D eigenvalue weighted by Crippen LogP contribution is -2.48. The van der Waals surface area contributed by atoms with Gasteiger partial charge in [-0.25, -0.2) is 0 Å². The van der Waals surface area contributed by atoms with E-state index in [0.29, 0.717) is 25.2 Å². The van der Waals surface area contributed by atoms with Crippen LogP contribution in [-0.4, -0.2) is 48.8 Å². The van der Waals surface area contributed by atoms with Gasteiger partial charge in [0.1, 0.15) is 18.0 Å². The molecule has 1 aromatic rings. The number of piperidine rings is 1. The first-order chi connectivity index (χ1) is 14.0. The molecule has 162 valence electrons. The molecule has 5 nitrogen and oxygen atoms in total. The molecule has 1 amide bonds. The van der Waals surface area contributed by atoms with Crippen molar-refractivity contribution in [2.45, 2.75) is 77.4 Å². The topological polar surface area (TPSA) is 50.8 Å². The zero-order valence-corrected chi connectivity index (χ0v) is 18.4. The Morgan fingerprint density at radius 2 is 1.97 bits per heavy atom. The van der Waals surface area contributed by atoms with Crippen LogP contribution in [0.4, 0.5) is 5.69 Å². The third-order valence-electron chi connectivity index (χ3n) is 6.49. The molecule has 1 saturated heterocycles. The maximum atomic E-state index is 13.0. The molecule has 1 aliphatic carbocycles. The molecule has 3 rings (SSSR count). The molecular weight excluding hydrogens is 364 g/mol. The number of anilines is 1. The Morgan fingerprint density at radius 1 is 1.17 bits per heavy atom. The first-order valence-electron chi connectivity index (χ1n) is 11.4. The summed E-state index contributed by atoms with van der Waals surface area (Å²) in [6, 6.07) is 8.37. The van der Waals surface area contributed by atoms with Crippen molar-refractivity contribution in [1.82, 2.24) is 4.90 Å². The van der Waals surface area contributed by atoms with Crippen LogP contribution in [0.15, 0.2) is 24.3 Å². The van der Waals surface area contributed by atoms with Gasteiger partial charge in [0.25, 0.3) is 5.91 Å². The standard InChI is InChI=1S/C24H38N2O3/c1-4-29-24(14-7-8-19(2)18-24)23(27)25-21-10-12-22(13-11-21)28-17-16-26-15-6-5-9-20(26)3/h10-13,19-20H,4-9,14-18H2,1-3H3,(H,25,27)/t19-,20+,24-/m1/s1. The third-order valence-corrected chi connectivity index (χ3v) is 6.49. The van der Waals surface area contributed by atoms with Crippen molar-refractivity contribution in [1.29, 1.82) is 0 Å². The molecule has 2 aliphatic rings. The number of likely N-dealkylation sites (tertiary alicyclic amines) is 1. The van der Waals surface area contributed by atoms with Gasteiger partial charge < -0.3 is 14.8 Å². The van der Waals surface area contributed by atoms with Crippen molar-refractivity contribution in [3.63, 3.8) is 0 Å². The van der Waals surface area contributed by atoms with Crippen molar-refractivity contribution < 1.29 is 14.3 Å². The molecule has 0 unspecified atom stereocenters. The molecule has 0 radical (unpaired) electrons. The van der Waals surface area contributed by atoms with Crippen molar-refractivity contribution >= 4 is 11.6 Å². The molecule has 0 aromatic heterocycles. The van der Waals surface area contributed by atoms with Crippen LogP contribution in [0, 0.1) is 5.92 Å². The first kappa shape index (κ1) is 22.1. The lowest BCUT2D eigenvalue weighted by Gasteiger charge is -2.38. The molecule has 0 bridgehead atoms. The highest BCUT2D eigenvalue weighted by atomic mass is 16.5. The summed E-state index contributed by atoms with van der Waals surface area (Å²) >= 11 is 0. The minimum absolute atomic E-state index is 0.0151. The quantitative estimate of drug-likeness (QED) is 0.674. The Hall–Kier alpha value is -1.59. The number of rotatable bonds is 8. The van der Waals surface area contributed by atoms with E-state index in [4.69, 9.17) is 9.47 Å². The Kier molecular flexibility index (Phi) is 7.96. The minimum Gasteiger partial charge on any atom is -0.492 e. The fraction of sp³-hybridized carbons (Fsp3) is 0.708. The van der Waals surface area contributed by atoms with Gasteiger partial charge in [-0.2, -0.15) is 0 Å². The predicted octanol–water partition coefficient (Wildman–Crippen LogP) is 4.86. The van der Waals surface area contributed by atoms with E-state index in [1.165, 1.54) is 32.2 Å². The number of hydrogen-bond donors (Lipinski definition) is 1. The summed E-state index contributed by atoms with van der Waals surface area (Å²) in [7, 11) is 0. The van der Waals surface area contributed by atoms with E-state index in [9.17, 15) is 4.79 Å². The summed E-state index contributed by atoms with van der Waals surface area (Å²) < 4.78 is 11.9. The van der Waals surface area contributed by atoms with Gasteiger partial charge in [-0.05, 0) is 82.7 Å². The van der Waals surface area contributed by atoms with E-state index in [-0.39, 0.29) is 5.91 Å². The van der Waals surface area contributed by atoms with Crippen LogP contribution >= 0.6 is 0 Å². The van der Waals surface area contributed by atoms with E-state index in [1.54, 1.807) is 0 Å². The number of nitrogens with one attached hydrogen (secondary N) is 1. The van der Waals surface area contributed by atoms with Crippen LogP contribution in [0.25, 0.3) is 0 Å². The van der Waals surface area contributed by atoms with Crippen LogP contribution in [0.5, 0.6) is 5.75 Å². The summed E-state index contributed by atoms with van der Waals surface area (Å²) in [4.78, 5) is 15.5. The SMILES string of the molecule is CCO[C@]1(C(=O)Nc2ccc(OCCN3CCCC[C@@H]3C)cc2)CCC[C@@H](C)C1. The molecule has 29 heavy (non-hydrogen) atoms. The van der Waals surface area contributed by atoms with E-state index in [2.05, 4.69) is 24.1 Å². The molecule has 1 aliphatic heterocycles. The third kappa shape index (κ3) is 5.95. The van der Waals surface area contributed by atoms with Gasteiger partial charge in [-0.3, -0.25) is 9.69 Å². The largest absolute Gasteiger partial charge is 0.492 e. The van der Waals surface area contributed by atoms with Gasteiger partial charge in [0.15, 0.2) is 0 Å². The monoisotopic (exact) mass is 402 g/mol. The molecule has 5 heteroatoms. The lowest BCUT2D eigenvalue weighted by atomic mass is 9.78. The minimum atomic E-state index is -0.688. The number of ether oxygens (including phenoxy) is 2. The highest BCUT2D eigenvalue weighted by molar-refractivity contribution is 5.97. The van der Waals surface area contributed by atoms with Gasteiger partial charge in [0, 0.05) is 24.9 Å². The zero-order chi connectivity index (χ0) is 20.7. The Balaban J connectivity index is 1.50. The smallest absolute Gasteiger partial charge is 0.256 e. The zero-order valence-electron chi connectivity index (χ0n) is 18.4. The van der Waals surface area contributed by atoms with Gasteiger partial charge in [0.2, 0.25) is 0 Å². The molecule has 1 heterocycles. The fourth-order valence-electron chi connectivity index (χ4n) is 4.83. The molecular formula is C24H38N2O3. The second-order valence-electron chi connectivity index (χ2n) is 8.84. The van der Waals surface area contributed by atoms with Crippen molar-refractivity contribution in [3.05, 3.63) is 24.3 Å². The maximum Gasteiger partial charge on any atom is 0.256 e. The van der Waals surface area contributed by atoms with Gasteiger partial charge in [0.05, 0.1) is 0 Å². The molecule has 1 aromatic carbocycles. The number of carbonyl (C=O) groups excluding carboxylic acids is 1. The summed E-state index contributed by atoms with van der Waals surface area (Å²) in [5, 5.41) is 3.07. The highest BCUT2D eigenvalue weighted by Crippen LogP contribution is 2.36. The van der Waals surface area contributed by atoms with E-state index < -0.39 is 5.60 Å². The number of carbonyl (C=O) groups is 1. The maximum absolute atomic E-state index is 13.0. The summed E-state index contributed by atoms with van der Waals surface area (Å²) in [5.74, 6) is 1.34. The molecule has 3 atom stereocenters.